The van der Waals surface area contributed by atoms with Crippen molar-refractivity contribution in [3.63, 3.8) is 0 Å². The lowest BCUT2D eigenvalue weighted by atomic mass is 9.82. The second kappa shape index (κ2) is 18.9. The maximum Gasteiger partial charge on any atom is 0.228 e. The van der Waals surface area contributed by atoms with Crippen LogP contribution in [-0.4, -0.2) is 23.7 Å². The maximum absolute atomic E-state index is 6.46. The summed E-state index contributed by atoms with van der Waals surface area (Å²) in [6, 6.07) is 104. The van der Waals surface area contributed by atoms with Crippen molar-refractivity contribution < 1.29 is 8.83 Å². The highest BCUT2D eigenvalue weighted by Crippen LogP contribution is 2.52. The lowest BCUT2D eigenvalue weighted by Gasteiger charge is -2.21. The lowest BCUT2D eigenvalue weighted by molar-refractivity contribution is 0.655. The summed E-state index contributed by atoms with van der Waals surface area (Å²) in [6.45, 7) is 4.75. The number of benzene rings is 13. The van der Waals surface area contributed by atoms with E-state index in [4.69, 9.17) is 18.8 Å². The molecule has 7 nitrogen and oxygen atoms in total. The SMILES string of the molecule is CC1(C)c2ccccc2-c2cc3c4ccc(-c5ccc6c(c5)c5ccc7c8ccccc8n(-c8ccc(-c9c%10ccccc%10nc%10oc%11ccccc%11c9%10)cc8)c7c5n6-c5ccccc5)cc4n(-c4ccc(-c5c6ccccc6nc6oc7ccccc7c56)cc4)c3cc21. The highest BCUT2D eigenvalue weighted by Gasteiger charge is 2.36. The van der Waals surface area contributed by atoms with E-state index in [9.17, 15) is 0 Å². The van der Waals surface area contributed by atoms with E-state index in [0.29, 0.717) is 11.4 Å². The van der Waals surface area contributed by atoms with Crippen LogP contribution in [0.1, 0.15) is 25.0 Å². The van der Waals surface area contributed by atoms with E-state index in [1.165, 1.54) is 60.1 Å². The van der Waals surface area contributed by atoms with E-state index >= 15 is 0 Å². The molecule has 0 amide bonds. The Bertz CT molecular complexity index is 6670. The van der Waals surface area contributed by atoms with Crippen molar-refractivity contribution in [3.8, 4) is 61.6 Å². The van der Waals surface area contributed by atoms with Crippen LogP contribution in [0.3, 0.4) is 0 Å². The van der Waals surface area contributed by atoms with Gasteiger partial charge in [-0.05, 0) is 142 Å². The Morgan fingerprint density at radius 1 is 0.287 bits per heavy atom. The molecule has 0 fully saturated rings. The highest BCUT2D eigenvalue weighted by molar-refractivity contribution is 6.25. The molecule has 7 heteroatoms. The van der Waals surface area contributed by atoms with E-state index < -0.39 is 0 Å². The molecular weight excluding hydrogens is 1150 g/mol. The van der Waals surface area contributed by atoms with Crippen molar-refractivity contribution in [2.75, 3.05) is 0 Å². The van der Waals surface area contributed by atoms with Gasteiger partial charge in [0.25, 0.3) is 0 Å². The first-order chi connectivity index (χ1) is 46.4. The molecule has 0 saturated heterocycles. The quantitative estimate of drug-likeness (QED) is 0.166. The monoisotopic (exact) mass is 1200 g/mol. The highest BCUT2D eigenvalue weighted by atomic mass is 16.3. The molecule has 20 aromatic rings. The summed E-state index contributed by atoms with van der Waals surface area (Å²) in [6.07, 6.45) is 0. The second-order valence-corrected chi connectivity index (χ2v) is 25.9. The summed E-state index contributed by atoms with van der Waals surface area (Å²) in [5, 5.41) is 13.6. The number of para-hydroxylation sites is 6. The lowest BCUT2D eigenvalue weighted by Crippen LogP contribution is -2.14. The molecule has 0 N–H and O–H groups in total. The third-order valence-corrected chi connectivity index (χ3v) is 20.7. The van der Waals surface area contributed by atoms with E-state index in [1.807, 2.05) is 30.3 Å². The van der Waals surface area contributed by atoms with Gasteiger partial charge in [-0.15, -0.1) is 0 Å². The number of pyridine rings is 2. The zero-order chi connectivity index (χ0) is 61.7. The summed E-state index contributed by atoms with van der Waals surface area (Å²) >= 11 is 0. The molecule has 0 atom stereocenters. The third-order valence-electron chi connectivity index (χ3n) is 20.7. The van der Waals surface area contributed by atoms with Crippen molar-refractivity contribution in [3.05, 3.63) is 296 Å². The van der Waals surface area contributed by atoms with E-state index in [2.05, 4.69) is 282 Å². The number of furan rings is 2. The van der Waals surface area contributed by atoms with Gasteiger partial charge in [-0.25, -0.2) is 9.97 Å². The summed E-state index contributed by atoms with van der Waals surface area (Å²) in [5.41, 5.74) is 26.8. The van der Waals surface area contributed by atoms with Crippen LogP contribution in [0.15, 0.2) is 294 Å². The normalized spacial score (nSPS) is 13.1. The van der Waals surface area contributed by atoms with Gasteiger partial charge in [0.15, 0.2) is 0 Å². The molecule has 0 unspecified atom stereocenters. The fourth-order valence-electron chi connectivity index (χ4n) is 16.4. The van der Waals surface area contributed by atoms with Crippen molar-refractivity contribution >= 4 is 131 Å². The maximum atomic E-state index is 6.46. The molecule has 94 heavy (non-hydrogen) atoms. The molecule has 1 aliphatic rings. The van der Waals surface area contributed by atoms with Crippen LogP contribution in [-0.2, 0) is 5.41 Å². The molecule has 1 aliphatic carbocycles. The largest absolute Gasteiger partial charge is 0.438 e. The summed E-state index contributed by atoms with van der Waals surface area (Å²) in [5.74, 6) is 0. The molecule has 0 spiro atoms. The van der Waals surface area contributed by atoms with Gasteiger partial charge >= 0.3 is 0 Å². The van der Waals surface area contributed by atoms with Crippen LogP contribution in [0.2, 0.25) is 0 Å². The van der Waals surface area contributed by atoms with Crippen molar-refractivity contribution in [1.82, 2.24) is 23.7 Å². The first kappa shape index (κ1) is 51.4. The van der Waals surface area contributed by atoms with Crippen LogP contribution in [0.25, 0.3) is 193 Å². The average molecular weight is 1200 g/mol. The molecule has 438 valence electrons. The molecule has 13 aromatic carbocycles. The molecule has 7 aromatic heterocycles. The minimum atomic E-state index is -0.184. The van der Waals surface area contributed by atoms with Crippen LogP contribution in [0.5, 0.6) is 0 Å². The molecule has 21 rings (SSSR count). The summed E-state index contributed by atoms with van der Waals surface area (Å²) in [7, 11) is 0. The van der Waals surface area contributed by atoms with Crippen LogP contribution < -0.4 is 0 Å². The fraction of sp³-hybridized carbons (Fsp3) is 0.0345. The van der Waals surface area contributed by atoms with E-state index in [1.54, 1.807) is 0 Å². The molecule has 7 heterocycles. The van der Waals surface area contributed by atoms with E-state index in [0.717, 1.165) is 133 Å². The minimum absolute atomic E-state index is 0.184. The Morgan fingerprint density at radius 2 is 0.734 bits per heavy atom. The van der Waals surface area contributed by atoms with Gasteiger partial charge < -0.3 is 22.5 Å². The molecule has 0 radical (unpaired) electrons. The summed E-state index contributed by atoms with van der Waals surface area (Å²) < 4.78 is 20.4. The smallest absolute Gasteiger partial charge is 0.228 e. The van der Waals surface area contributed by atoms with Crippen molar-refractivity contribution in [2.45, 2.75) is 19.3 Å². The number of hydrogen-bond acceptors (Lipinski definition) is 4. The number of fused-ring (bicyclic) bond motifs is 21. The Kier molecular flexibility index (Phi) is 10.3. The van der Waals surface area contributed by atoms with Gasteiger partial charge in [0.1, 0.15) is 11.2 Å². The van der Waals surface area contributed by atoms with Crippen molar-refractivity contribution in [1.29, 1.82) is 0 Å². The molecule has 0 saturated carbocycles. The van der Waals surface area contributed by atoms with Crippen LogP contribution >= 0.6 is 0 Å². The first-order valence-corrected chi connectivity index (χ1v) is 32.3. The molecular formula is C87H53N5O2. The number of rotatable bonds is 6. The van der Waals surface area contributed by atoms with Crippen molar-refractivity contribution in [2.24, 2.45) is 0 Å². The Balaban J connectivity index is 0.765. The van der Waals surface area contributed by atoms with Gasteiger partial charge in [-0.2, -0.15) is 0 Å². The Labute approximate surface area is 537 Å². The van der Waals surface area contributed by atoms with Crippen LogP contribution in [0, 0.1) is 0 Å². The predicted octanol–water partition coefficient (Wildman–Crippen LogP) is 23.2. The molecule has 0 aliphatic heterocycles. The first-order valence-electron chi connectivity index (χ1n) is 32.3. The number of nitrogens with zero attached hydrogens (tertiary/aromatic N) is 5. The van der Waals surface area contributed by atoms with Gasteiger partial charge in [0.05, 0.1) is 54.9 Å². The predicted molar refractivity (Wildman–Crippen MR) is 388 cm³/mol. The Morgan fingerprint density at radius 3 is 1.38 bits per heavy atom. The van der Waals surface area contributed by atoms with Gasteiger partial charge in [-0.3, -0.25) is 0 Å². The van der Waals surface area contributed by atoms with Gasteiger partial charge in [0.2, 0.25) is 11.4 Å². The van der Waals surface area contributed by atoms with Gasteiger partial charge in [0, 0.05) is 87.5 Å². The fourth-order valence-corrected chi connectivity index (χ4v) is 16.4. The van der Waals surface area contributed by atoms with Gasteiger partial charge in [-0.1, -0.05) is 202 Å². The number of hydrogen-bond donors (Lipinski definition) is 0. The number of aromatic nitrogens is 5. The minimum Gasteiger partial charge on any atom is -0.438 e. The van der Waals surface area contributed by atoms with Crippen LogP contribution in [0.4, 0.5) is 0 Å². The van der Waals surface area contributed by atoms with E-state index in [-0.39, 0.29) is 5.41 Å². The second-order valence-electron chi connectivity index (χ2n) is 25.9. The summed E-state index contributed by atoms with van der Waals surface area (Å²) in [4.78, 5) is 10.1. The zero-order valence-electron chi connectivity index (χ0n) is 51.2. The molecule has 0 bridgehead atoms. The topological polar surface area (TPSA) is 66.8 Å². The Hall–Kier alpha value is -12.3. The third kappa shape index (κ3) is 7.04. The standard InChI is InChI=1S/C87H53N5O2/c1-87(2)69-26-12-6-20-57(69)66-48-68-59-42-36-53(47-75(59)90(76(68)49-70(66)87)55-38-32-50(33-39-55)79-62-22-7-13-27-71(62)88-85-81(79)64-24-10-16-30-77(64)93-85)52-37-45-74-67(46-52)61-44-43-60-58-21-9-15-29-73(58)92(83(60)84(61)91(74)54-18-4-3-5-19-54)56-40-34-51(35-41-56)80-63-23-8-14-28-72(63)89-86-82(80)65-25-11-17-31-78(65)94-86/h3-49H,1-2H3. The zero-order valence-corrected chi connectivity index (χ0v) is 51.2. The average Bonchev–Trinajstić information content (AvgIpc) is 1.55.